The van der Waals surface area contributed by atoms with Gasteiger partial charge in [0, 0.05) is 36.4 Å². The number of nitrogens with zero attached hydrogens (tertiary/aromatic N) is 3. The lowest BCUT2D eigenvalue weighted by Gasteiger charge is -2.29. The molecule has 0 saturated carbocycles. The van der Waals surface area contributed by atoms with Gasteiger partial charge in [-0.05, 0) is 50.1 Å². The molecule has 1 fully saturated rings. The van der Waals surface area contributed by atoms with Crippen molar-refractivity contribution in [2.45, 2.75) is 31.8 Å². The zero-order valence-corrected chi connectivity index (χ0v) is 18.3. The number of amides is 1. The Morgan fingerprint density at radius 1 is 1.35 bits per heavy atom. The molecule has 160 valence electrons. The Morgan fingerprint density at radius 2 is 2.16 bits per heavy atom. The molecule has 0 spiro atoms. The van der Waals surface area contributed by atoms with E-state index in [1.807, 2.05) is 37.3 Å². The minimum Gasteiger partial charge on any atom is -0.358 e. The third-order valence-electron chi connectivity index (χ3n) is 5.84. The van der Waals surface area contributed by atoms with E-state index >= 15 is 0 Å². The number of para-hydroxylation sites is 2. The Kier molecular flexibility index (Phi) is 6.17. The molecule has 1 amide bonds. The number of benzene rings is 2. The molecule has 0 bridgehead atoms. The lowest BCUT2D eigenvalue weighted by Crippen LogP contribution is -2.44. The average Bonchev–Trinajstić information content (AvgIpc) is 3.22. The maximum Gasteiger partial charge on any atom is 0.260 e. The molecule has 1 unspecified atom stereocenters. The van der Waals surface area contributed by atoms with E-state index in [1.165, 1.54) is 0 Å². The lowest BCUT2D eigenvalue weighted by atomic mass is 10.1. The number of fused-ring (bicyclic) bond motifs is 2. The predicted octanol–water partition coefficient (Wildman–Crippen LogP) is 4.52. The minimum absolute atomic E-state index is 0.0117. The maximum absolute atomic E-state index is 13.5. The van der Waals surface area contributed by atoms with Crippen LogP contribution in [0.25, 0.3) is 0 Å². The second kappa shape index (κ2) is 9.01. The van der Waals surface area contributed by atoms with Crippen molar-refractivity contribution in [1.82, 2.24) is 10.2 Å². The summed E-state index contributed by atoms with van der Waals surface area (Å²) < 4.78 is 0. The largest absolute Gasteiger partial charge is 0.358 e. The smallest absolute Gasteiger partial charge is 0.260 e. The molecule has 2 aromatic rings. The monoisotopic (exact) mass is 435 g/mol. The normalized spacial score (nSPS) is 18.5. The first-order valence-corrected chi connectivity index (χ1v) is 10.9. The van der Waals surface area contributed by atoms with Crippen molar-refractivity contribution in [1.29, 1.82) is 5.26 Å². The number of hydrogen-bond acceptors (Lipinski definition) is 5. The van der Waals surface area contributed by atoms with Gasteiger partial charge >= 0.3 is 0 Å². The van der Waals surface area contributed by atoms with Crippen molar-refractivity contribution in [3.63, 3.8) is 0 Å². The van der Waals surface area contributed by atoms with Crippen LogP contribution in [0.3, 0.4) is 0 Å². The maximum atomic E-state index is 13.5. The molecule has 7 heteroatoms. The van der Waals surface area contributed by atoms with Crippen LogP contribution in [-0.4, -0.2) is 42.5 Å². The van der Waals surface area contributed by atoms with Gasteiger partial charge in [-0.3, -0.25) is 4.79 Å². The van der Waals surface area contributed by atoms with Crippen LogP contribution in [-0.2, 0) is 0 Å². The SMILES string of the molecule is C=C(CN[C@H](C)CN1C(=O)c2cc(Cl)ccc2Nc2ccccc21)N1CCCC1C#N. The number of rotatable bonds is 6. The van der Waals surface area contributed by atoms with Crippen LogP contribution in [0.1, 0.15) is 30.1 Å². The van der Waals surface area contributed by atoms with E-state index in [0.29, 0.717) is 23.7 Å². The fraction of sp³-hybridized carbons (Fsp3) is 0.333. The number of nitriles is 1. The van der Waals surface area contributed by atoms with E-state index in [2.05, 4.69) is 28.2 Å². The van der Waals surface area contributed by atoms with Crippen LogP contribution in [0.15, 0.2) is 54.7 Å². The number of halogens is 1. The summed E-state index contributed by atoms with van der Waals surface area (Å²) in [6.07, 6.45) is 1.90. The lowest BCUT2D eigenvalue weighted by molar-refractivity contribution is 0.0986. The molecule has 1 saturated heterocycles. The highest BCUT2D eigenvalue weighted by molar-refractivity contribution is 6.31. The van der Waals surface area contributed by atoms with Crippen LogP contribution in [0.5, 0.6) is 0 Å². The summed E-state index contributed by atoms with van der Waals surface area (Å²) >= 11 is 6.18. The van der Waals surface area contributed by atoms with Gasteiger partial charge in [0.2, 0.25) is 0 Å². The van der Waals surface area contributed by atoms with Gasteiger partial charge in [-0.1, -0.05) is 30.3 Å². The molecule has 0 radical (unpaired) electrons. The van der Waals surface area contributed by atoms with E-state index in [9.17, 15) is 10.1 Å². The molecule has 2 aliphatic rings. The Bertz CT molecular complexity index is 1050. The van der Waals surface area contributed by atoms with Crippen LogP contribution < -0.4 is 15.5 Å². The molecule has 4 rings (SSSR count). The highest BCUT2D eigenvalue weighted by Crippen LogP contribution is 2.36. The zero-order valence-electron chi connectivity index (χ0n) is 17.6. The number of carbonyl (C=O) groups is 1. The third-order valence-corrected chi connectivity index (χ3v) is 6.08. The topological polar surface area (TPSA) is 71.4 Å². The van der Waals surface area contributed by atoms with Crippen LogP contribution >= 0.6 is 11.6 Å². The minimum atomic E-state index is -0.0912. The Hall–Kier alpha value is -3.01. The number of nitrogens with one attached hydrogen (secondary N) is 2. The molecule has 2 aromatic carbocycles. The Morgan fingerprint density at radius 3 is 2.97 bits per heavy atom. The second-order valence-corrected chi connectivity index (χ2v) is 8.51. The standard InChI is InChI=1S/C24H26ClN5O/c1-16(27-14-17(2)29-11-5-6-19(29)13-26)15-30-23-8-4-3-7-22(23)28-21-10-9-18(25)12-20(21)24(30)31/h3-4,7-10,12,16,19,27-28H,2,5-6,11,14-15H2,1H3/t16-,19?/m1/s1. The van der Waals surface area contributed by atoms with Crippen molar-refractivity contribution in [2.75, 3.05) is 29.9 Å². The highest BCUT2D eigenvalue weighted by Gasteiger charge is 2.29. The highest BCUT2D eigenvalue weighted by atomic mass is 35.5. The fourth-order valence-electron chi connectivity index (χ4n) is 4.21. The van der Waals surface area contributed by atoms with E-state index in [0.717, 1.165) is 42.1 Å². The first-order valence-electron chi connectivity index (χ1n) is 10.5. The molecule has 31 heavy (non-hydrogen) atoms. The second-order valence-electron chi connectivity index (χ2n) is 8.08. The first-order chi connectivity index (χ1) is 15.0. The molecule has 2 atom stereocenters. The van der Waals surface area contributed by atoms with Crippen LogP contribution in [0.4, 0.5) is 17.1 Å². The number of likely N-dealkylation sites (tertiary alicyclic amines) is 1. The van der Waals surface area contributed by atoms with Gasteiger partial charge in [0.15, 0.2) is 0 Å². The van der Waals surface area contributed by atoms with Crippen molar-refractivity contribution in [3.8, 4) is 6.07 Å². The van der Waals surface area contributed by atoms with E-state index < -0.39 is 0 Å². The molecule has 6 nitrogen and oxygen atoms in total. The molecular weight excluding hydrogens is 410 g/mol. The number of anilines is 3. The molecule has 2 aliphatic heterocycles. The molecular formula is C24H26ClN5O. The van der Waals surface area contributed by atoms with Gasteiger partial charge in [-0.15, -0.1) is 0 Å². The van der Waals surface area contributed by atoms with Gasteiger partial charge in [0.1, 0.15) is 6.04 Å². The summed E-state index contributed by atoms with van der Waals surface area (Å²) in [5, 5.41) is 16.7. The Balaban J connectivity index is 1.50. The van der Waals surface area contributed by atoms with E-state index in [-0.39, 0.29) is 18.0 Å². The first kappa shape index (κ1) is 21.2. The van der Waals surface area contributed by atoms with E-state index in [1.54, 1.807) is 17.0 Å². The quantitative estimate of drug-likeness (QED) is 0.697. The molecule has 0 aromatic heterocycles. The summed E-state index contributed by atoms with van der Waals surface area (Å²) in [7, 11) is 0. The van der Waals surface area contributed by atoms with Gasteiger partial charge < -0.3 is 20.4 Å². The van der Waals surface area contributed by atoms with Crippen molar-refractivity contribution < 1.29 is 4.79 Å². The average molecular weight is 436 g/mol. The van der Waals surface area contributed by atoms with Gasteiger partial charge in [-0.25, -0.2) is 0 Å². The summed E-state index contributed by atoms with van der Waals surface area (Å²) in [5.41, 5.74) is 3.92. The molecule has 0 aliphatic carbocycles. The molecule has 2 N–H and O–H groups in total. The number of carbonyl (C=O) groups excluding carboxylic acids is 1. The predicted molar refractivity (Wildman–Crippen MR) is 125 cm³/mol. The fourth-order valence-corrected chi connectivity index (χ4v) is 4.38. The Labute approximate surface area is 188 Å². The summed E-state index contributed by atoms with van der Waals surface area (Å²) in [6, 6.07) is 15.4. The van der Waals surface area contributed by atoms with Gasteiger partial charge in [-0.2, -0.15) is 5.26 Å². The zero-order chi connectivity index (χ0) is 22.0. The van der Waals surface area contributed by atoms with E-state index in [4.69, 9.17) is 11.6 Å². The van der Waals surface area contributed by atoms with Crippen molar-refractivity contribution in [3.05, 3.63) is 65.3 Å². The molecule has 2 heterocycles. The number of hydrogen-bond donors (Lipinski definition) is 2. The summed E-state index contributed by atoms with van der Waals surface area (Å²) in [5.74, 6) is -0.0912. The van der Waals surface area contributed by atoms with Gasteiger partial charge in [0.25, 0.3) is 5.91 Å². The van der Waals surface area contributed by atoms with Crippen molar-refractivity contribution in [2.24, 2.45) is 0 Å². The van der Waals surface area contributed by atoms with Gasteiger partial charge in [0.05, 0.1) is 28.7 Å². The van der Waals surface area contributed by atoms with Crippen LogP contribution in [0, 0.1) is 11.3 Å². The summed E-state index contributed by atoms with van der Waals surface area (Å²) in [4.78, 5) is 17.3. The summed E-state index contributed by atoms with van der Waals surface area (Å²) in [6.45, 7) is 8.14. The van der Waals surface area contributed by atoms with Crippen LogP contribution in [0.2, 0.25) is 5.02 Å². The third kappa shape index (κ3) is 4.39. The van der Waals surface area contributed by atoms with Crippen molar-refractivity contribution >= 4 is 34.6 Å².